The Labute approximate surface area is 44.0 Å². The first kappa shape index (κ1) is 4.69. The molecule has 0 aromatic heterocycles. The minimum absolute atomic E-state index is 0.847. The van der Waals surface area contributed by atoms with Crippen LogP contribution in [0.4, 0.5) is 0 Å². The summed E-state index contributed by atoms with van der Waals surface area (Å²) in [4.78, 5) is 0. The Morgan fingerprint density at radius 3 is 2.71 bits per heavy atom. The summed E-state index contributed by atoms with van der Waals surface area (Å²) in [6.07, 6.45) is 6.59. The van der Waals surface area contributed by atoms with Gasteiger partial charge in [-0.3, -0.25) is 0 Å². The maximum absolute atomic E-state index is 4.71. The van der Waals surface area contributed by atoms with Gasteiger partial charge in [-0.2, -0.15) is 0 Å². The first-order chi connectivity index (χ1) is 3.43. The Bertz CT molecular complexity index is 72.2. The molecule has 0 saturated heterocycles. The lowest BCUT2D eigenvalue weighted by molar-refractivity contribution is 0.336. The largest absolute Gasteiger partial charge is 0.505 e. The Kier molecular flexibility index (Phi) is 1.35. The SMILES string of the molecule is CO/C=C\C1CC1. The van der Waals surface area contributed by atoms with Crippen molar-refractivity contribution in [1.29, 1.82) is 0 Å². The molecule has 0 aliphatic heterocycles. The van der Waals surface area contributed by atoms with Crippen LogP contribution < -0.4 is 0 Å². The highest BCUT2D eigenvalue weighted by molar-refractivity contribution is 4.91. The van der Waals surface area contributed by atoms with E-state index in [1.807, 2.05) is 0 Å². The van der Waals surface area contributed by atoms with Crippen molar-refractivity contribution in [1.82, 2.24) is 0 Å². The molecule has 1 fully saturated rings. The third-order valence-electron chi connectivity index (χ3n) is 1.11. The van der Waals surface area contributed by atoms with Gasteiger partial charge in [-0.1, -0.05) is 0 Å². The van der Waals surface area contributed by atoms with Gasteiger partial charge in [-0.25, -0.2) is 0 Å². The number of rotatable bonds is 2. The molecule has 1 nitrogen and oxygen atoms in total. The van der Waals surface area contributed by atoms with Crippen LogP contribution in [0.15, 0.2) is 12.3 Å². The average molecular weight is 98.1 g/mol. The van der Waals surface area contributed by atoms with Crippen LogP contribution in [-0.4, -0.2) is 7.11 Å². The van der Waals surface area contributed by atoms with Crippen LogP contribution >= 0.6 is 0 Å². The molecule has 0 heterocycles. The van der Waals surface area contributed by atoms with Crippen LogP contribution in [-0.2, 0) is 4.74 Å². The van der Waals surface area contributed by atoms with Gasteiger partial charge >= 0.3 is 0 Å². The molecule has 1 rings (SSSR count). The monoisotopic (exact) mass is 98.1 g/mol. The van der Waals surface area contributed by atoms with E-state index in [4.69, 9.17) is 4.74 Å². The molecule has 7 heavy (non-hydrogen) atoms. The third kappa shape index (κ3) is 1.62. The van der Waals surface area contributed by atoms with E-state index in [0.717, 1.165) is 5.92 Å². The zero-order valence-electron chi connectivity index (χ0n) is 4.55. The van der Waals surface area contributed by atoms with Gasteiger partial charge in [0.05, 0.1) is 13.4 Å². The lowest BCUT2D eigenvalue weighted by Crippen LogP contribution is -1.65. The van der Waals surface area contributed by atoms with Gasteiger partial charge in [0, 0.05) is 0 Å². The second-order valence-corrected chi connectivity index (χ2v) is 1.90. The summed E-state index contributed by atoms with van der Waals surface area (Å²) in [5.41, 5.74) is 0. The zero-order chi connectivity index (χ0) is 5.11. The van der Waals surface area contributed by atoms with Crippen molar-refractivity contribution in [3.63, 3.8) is 0 Å². The molecule has 0 spiro atoms. The van der Waals surface area contributed by atoms with Gasteiger partial charge in [0.1, 0.15) is 0 Å². The summed E-state index contributed by atoms with van der Waals surface area (Å²) in [6.45, 7) is 0. The van der Waals surface area contributed by atoms with Crippen LogP contribution in [0.2, 0.25) is 0 Å². The Morgan fingerprint density at radius 1 is 1.57 bits per heavy atom. The van der Waals surface area contributed by atoms with E-state index in [-0.39, 0.29) is 0 Å². The van der Waals surface area contributed by atoms with Crippen molar-refractivity contribution < 1.29 is 4.74 Å². The molecule has 1 saturated carbocycles. The molecule has 1 aliphatic carbocycles. The molecule has 1 aliphatic rings. The van der Waals surface area contributed by atoms with Gasteiger partial charge in [0.2, 0.25) is 0 Å². The van der Waals surface area contributed by atoms with E-state index in [0.29, 0.717) is 0 Å². The van der Waals surface area contributed by atoms with Gasteiger partial charge in [0.25, 0.3) is 0 Å². The van der Waals surface area contributed by atoms with Crippen molar-refractivity contribution in [2.45, 2.75) is 12.8 Å². The highest BCUT2D eigenvalue weighted by Gasteiger charge is 2.16. The molecular weight excluding hydrogens is 88.1 g/mol. The summed E-state index contributed by atoms with van der Waals surface area (Å²) < 4.78 is 4.71. The van der Waals surface area contributed by atoms with Crippen molar-refractivity contribution in [2.75, 3.05) is 7.11 Å². The third-order valence-corrected chi connectivity index (χ3v) is 1.11. The molecule has 0 amide bonds. The molecule has 0 unspecified atom stereocenters. The fourth-order valence-corrected chi connectivity index (χ4v) is 0.478. The van der Waals surface area contributed by atoms with Crippen LogP contribution in [0, 0.1) is 5.92 Å². The lowest BCUT2D eigenvalue weighted by Gasteiger charge is -1.81. The highest BCUT2D eigenvalue weighted by atomic mass is 16.5. The number of ether oxygens (including phenoxy) is 1. The minimum atomic E-state index is 0.847. The second-order valence-electron chi connectivity index (χ2n) is 1.90. The first-order valence-corrected chi connectivity index (χ1v) is 2.63. The molecule has 1 heteroatoms. The smallest absolute Gasteiger partial charge is 0.0787 e. The van der Waals surface area contributed by atoms with E-state index >= 15 is 0 Å². The van der Waals surface area contributed by atoms with E-state index in [1.165, 1.54) is 12.8 Å². The number of hydrogen-bond donors (Lipinski definition) is 0. The quantitative estimate of drug-likeness (QED) is 0.476. The molecule has 0 N–H and O–H groups in total. The van der Waals surface area contributed by atoms with Gasteiger partial charge in [-0.05, 0) is 24.8 Å². The summed E-state index contributed by atoms with van der Waals surface area (Å²) in [6, 6.07) is 0. The summed E-state index contributed by atoms with van der Waals surface area (Å²) in [5.74, 6) is 0.847. The van der Waals surface area contributed by atoms with Gasteiger partial charge < -0.3 is 4.74 Å². The summed E-state index contributed by atoms with van der Waals surface area (Å²) in [7, 11) is 1.68. The maximum Gasteiger partial charge on any atom is 0.0787 e. The number of hydrogen-bond acceptors (Lipinski definition) is 1. The minimum Gasteiger partial charge on any atom is -0.505 e. The molecule has 0 bridgehead atoms. The summed E-state index contributed by atoms with van der Waals surface area (Å²) in [5, 5.41) is 0. The number of allylic oxidation sites excluding steroid dienone is 1. The number of methoxy groups -OCH3 is 1. The van der Waals surface area contributed by atoms with Crippen molar-refractivity contribution >= 4 is 0 Å². The maximum atomic E-state index is 4.71. The van der Waals surface area contributed by atoms with Crippen LogP contribution in [0.3, 0.4) is 0 Å². The normalized spacial score (nSPS) is 20.7. The molecule has 0 aromatic carbocycles. The highest BCUT2D eigenvalue weighted by Crippen LogP contribution is 2.29. The second kappa shape index (κ2) is 2.01. The standard InChI is InChI=1S/C6H10O/c1-7-5-4-6-2-3-6/h4-6H,2-3H2,1H3/b5-4-. The zero-order valence-corrected chi connectivity index (χ0v) is 4.55. The van der Waals surface area contributed by atoms with E-state index in [2.05, 4.69) is 6.08 Å². The molecule has 0 atom stereocenters. The van der Waals surface area contributed by atoms with E-state index in [1.54, 1.807) is 13.4 Å². The Balaban J connectivity index is 2.05. The van der Waals surface area contributed by atoms with Gasteiger partial charge in [-0.15, -0.1) is 0 Å². The molecular formula is C6H10O. The van der Waals surface area contributed by atoms with Gasteiger partial charge in [0.15, 0.2) is 0 Å². The lowest BCUT2D eigenvalue weighted by atomic mass is 10.4. The van der Waals surface area contributed by atoms with Crippen LogP contribution in [0.5, 0.6) is 0 Å². The Morgan fingerprint density at radius 2 is 2.29 bits per heavy atom. The van der Waals surface area contributed by atoms with Crippen molar-refractivity contribution in [2.24, 2.45) is 5.92 Å². The Hall–Kier alpha value is -0.460. The fourth-order valence-electron chi connectivity index (χ4n) is 0.478. The predicted molar refractivity (Wildman–Crippen MR) is 28.9 cm³/mol. The van der Waals surface area contributed by atoms with Crippen molar-refractivity contribution in [3.05, 3.63) is 12.3 Å². The van der Waals surface area contributed by atoms with Crippen LogP contribution in [0.25, 0.3) is 0 Å². The summed E-state index contributed by atoms with van der Waals surface area (Å²) >= 11 is 0. The molecule has 0 aromatic rings. The first-order valence-electron chi connectivity index (χ1n) is 2.63. The van der Waals surface area contributed by atoms with E-state index in [9.17, 15) is 0 Å². The molecule has 40 valence electrons. The fraction of sp³-hybridized carbons (Fsp3) is 0.667. The topological polar surface area (TPSA) is 9.23 Å². The predicted octanol–water partition coefficient (Wildman–Crippen LogP) is 1.56. The van der Waals surface area contributed by atoms with E-state index < -0.39 is 0 Å². The molecule has 0 radical (unpaired) electrons. The van der Waals surface area contributed by atoms with Crippen molar-refractivity contribution in [3.8, 4) is 0 Å². The van der Waals surface area contributed by atoms with Crippen LogP contribution in [0.1, 0.15) is 12.8 Å². The average Bonchev–Trinajstić information content (AvgIpc) is 2.42.